The van der Waals surface area contributed by atoms with Gasteiger partial charge in [0.05, 0.1) is 10.0 Å². The predicted molar refractivity (Wildman–Crippen MR) is 73.6 cm³/mol. The van der Waals surface area contributed by atoms with Crippen LogP contribution in [0.5, 0.6) is 0 Å². The van der Waals surface area contributed by atoms with Crippen LogP contribution in [0.4, 0.5) is 5.82 Å². The van der Waals surface area contributed by atoms with Crippen LogP contribution in [0.15, 0.2) is 12.3 Å². The van der Waals surface area contributed by atoms with Gasteiger partial charge in [0.25, 0.3) is 0 Å². The molecular formula is C11H14Cl3N3. The Kier molecular flexibility index (Phi) is 4.74. The molecule has 1 saturated heterocycles. The Balaban J connectivity index is 2.00. The normalized spacial score (nSPS) is 17.5. The smallest absolute Gasteiger partial charge is 0.147 e. The fourth-order valence-electron chi connectivity index (χ4n) is 1.94. The van der Waals surface area contributed by atoms with Gasteiger partial charge >= 0.3 is 0 Å². The van der Waals surface area contributed by atoms with Crippen molar-refractivity contribution in [2.45, 2.75) is 0 Å². The van der Waals surface area contributed by atoms with Gasteiger partial charge < -0.3 is 4.90 Å². The van der Waals surface area contributed by atoms with E-state index in [1.165, 1.54) is 0 Å². The zero-order chi connectivity index (χ0) is 12.3. The molecule has 0 saturated carbocycles. The molecule has 0 unspecified atom stereocenters. The summed E-state index contributed by atoms with van der Waals surface area (Å²) in [6.07, 6.45) is 1.63. The van der Waals surface area contributed by atoms with Gasteiger partial charge in [0.1, 0.15) is 5.82 Å². The van der Waals surface area contributed by atoms with Gasteiger partial charge in [-0.2, -0.15) is 0 Å². The van der Waals surface area contributed by atoms with E-state index < -0.39 is 0 Å². The summed E-state index contributed by atoms with van der Waals surface area (Å²) in [6, 6.07) is 1.73. The number of hydrogen-bond acceptors (Lipinski definition) is 3. The maximum Gasteiger partial charge on any atom is 0.147 e. The van der Waals surface area contributed by atoms with Crippen molar-refractivity contribution >= 4 is 40.6 Å². The molecule has 0 bridgehead atoms. The average Bonchev–Trinajstić information content (AvgIpc) is 2.31. The van der Waals surface area contributed by atoms with Crippen molar-refractivity contribution < 1.29 is 0 Å². The first-order valence-electron chi connectivity index (χ1n) is 5.55. The Morgan fingerprint density at radius 2 is 1.88 bits per heavy atom. The van der Waals surface area contributed by atoms with Gasteiger partial charge in [-0.05, 0) is 6.07 Å². The molecule has 17 heavy (non-hydrogen) atoms. The molecule has 6 heteroatoms. The van der Waals surface area contributed by atoms with Crippen LogP contribution in [-0.4, -0.2) is 48.5 Å². The first-order chi connectivity index (χ1) is 8.20. The van der Waals surface area contributed by atoms with E-state index in [0.29, 0.717) is 15.9 Å². The van der Waals surface area contributed by atoms with Crippen LogP contribution >= 0.6 is 34.8 Å². The average molecular weight is 295 g/mol. The van der Waals surface area contributed by atoms with Gasteiger partial charge in [0.15, 0.2) is 0 Å². The molecule has 1 fully saturated rings. The largest absolute Gasteiger partial charge is 0.353 e. The van der Waals surface area contributed by atoms with Crippen molar-refractivity contribution in [3.63, 3.8) is 0 Å². The minimum absolute atomic E-state index is 0.569. The van der Waals surface area contributed by atoms with E-state index in [1.54, 1.807) is 12.3 Å². The number of aromatic nitrogens is 1. The predicted octanol–water partition coefficient (Wildman–Crippen LogP) is 2.75. The molecule has 0 aliphatic carbocycles. The van der Waals surface area contributed by atoms with Crippen LogP contribution < -0.4 is 4.90 Å². The first kappa shape index (κ1) is 13.2. The number of anilines is 1. The van der Waals surface area contributed by atoms with Gasteiger partial charge in [-0.25, -0.2) is 4.98 Å². The lowest BCUT2D eigenvalue weighted by Gasteiger charge is -2.35. The molecule has 94 valence electrons. The lowest BCUT2D eigenvalue weighted by molar-refractivity contribution is 0.272. The second kappa shape index (κ2) is 6.10. The van der Waals surface area contributed by atoms with Crippen molar-refractivity contribution in [1.82, 2.24) is 9.88 Å². The number of hydrogen-bond donors (Lipinski definition) is 0. The maximum absolute atomic E-state index is 6.14. The number of halogens is 3. The highest BCUT2D eigenvalue weighted by Gasteiger charge is 2.19. The zero-order valence-corrected chi connectivity index (χ0v) is 11.6. The number of alkyl halides is 1. The van der Waals surface area contributed by atoms with Crippen LogP contribution in [0, 0.1) is 0 Å². The van der Waals surface area contributed by atoms with E-state index in [-0.39, 0.29) is 0 Å². The molecule has 0 atom stereocenters. The highest BCUT2D eigenvalue weighted by molar-refractivity contribution is 6.36. The lowest BCUT2D eigenvalue weighted by atomic mass is 10.3. The highest BCUT2D eigenvalue weighted by atomic mass is 35.5. The fraction of sp³-hybridized carbons (Fsp3) is 0.545. The topological polar surface area (TPSA) is 19.4 Å². The quantitative estimate of drug-likeness (QED) is 0.799. The molecule has 0 radical (unpaired) electrons. The molecule has 2 rings (SSSR count). The minimum atomic E-state index is 0.569. The number of pyridine rings is 1. The molecule has 1 aromatic rings. The zero-order valence-electron chi connectivity index (χ0n) is 9.37. The first-order valence-corrected chi connectivity index (χ1v) is 6.84. The third kappa shape index (κ3) is 3.38. The Labute approximate surface area is 116 Å². The third-order valence-electron chi connectivity index (χ3n) is 2.86. The molecular weight excluding hydrogens is 281 g/mol. The lowest BCUT2D eigenvalue weighted by Crippen LogP contribution is -2.47. The summed E-state index contributed by atoms with van der Waals surface area (Å²) in [7, 11) is 0. The van der Waals surface area contributed by atoms with Gasteiger partial charge in [0.2, 0.25) is 0 Å². The molecule has 1 aliphatic rings. The standard InChI is InChI=1S/C11H14Cl3N3/c12-1-2-16-3-5-17(6-4-16)11-10(14)7-9(13)8-15-11/h7-8H,1-6H2. The van der Waals surface area contributed by atoms with Crippen molar-refractivity contribution in [2.75, 3.05) is 43.5 Å². The Morgan fingerprint density at radius 3 is 2.47 bits per heavy atom. The van der Waals surface area contributed by atoms with E-state index in [2.05, 4.69) is 14.8 Å². The second-order valence-electron chi connectivity index (χ2n) is 3.98. The Morgan fingerprint density at radius 1 is 1.18 bits per heavy atom. The van der Waals surface area contributed by atoms with E-state index in [9.17, 15) is 0 Å². The van der Waals surface area contributed by atoms with E-state index in [0.717, 1.165) is 38.5 Å². The Bertz CT molecular complexity index is 378. The number of nitrogens with zero attached hydrogens (tertiary/aromatic N) is 3. The molecule has 0 aromatic carbocycles. The summed E-state index contributed by atoms with van der Waals surface area (Å²) in [5, 5.41) is 1.18. The molecule has 1 aliphatic heterocycles. The van der Waals surface area contributed by atoms with Crippen molar-refractivity contribution in [1.29, 1.82) is 0 Å². The molecule has 0 amide bonds. The summed E-state index contributed by atoms with van der Waals surface area (Å²) < 4.78 is 0. The van der Waals surface area contributed by atoms with Gasteiger partial charge in [-0.1, -0.05) is 23.2 Å². The molecule has 2 heterocycles. The van der Waals surface area contributed by atoms with Crippen LogP contribution in [-0.2, 0) is 0 Å². The van der Waals surface area contributed by atoms with E-state index >= 15 is 0 Å². The SMILES string of the molecule is ClCCN1CCN(c2ncc(Cl)cc2Cl)CC1. The summed E-state index contributed by atoms with van der Waals surface area (Å²) in [4.78, 5) is 8.81. The number of piperazine rings is 1. The molecule has 0 spiro atoms. The summed E-state index contributed by atoms with van der Waals surface area (Å²) in [6.45, 7) is 4.77. The third-order valence-corrected chi connectivity index (χ3v) is 3.51. The molecule has 1 aromatic heterocycles. The van der Waals surface area contributed by atoms with Crippen LogP contribution in [0.1, 0.15) is 0 Å². The number of rotatable bonds is 3. The van der Waals surface area contributed by atoms with Gasteiger partial charge in [0, 0.05) is 44.8 Å². The summed E-state index contributed by atoms with van der Waals surface area (Å²) in [5.74, 6) is 1.50. The minimum Gasteiger partial charge on any atom is -0.353 e. The fourth-order valence-corrected chi connectivity index (χ4v) is 2.68. The molecule has 0 N–H and O–H groups in total. The van der Waals surface area contributed by atoms with Crippen molar-refractivity contribution in [3.8, 4) is 0 Å². The van der Waals surface area contributed by atoms with Gasteiger partial charge in [-0.3, -0.25) is 4.90 Å². The van der Waals surface area contributed by atoms with Crippen LogP contribution in [0.25, 0.3) is 0 Å². The summed E-state index contributed by atoms with van der Waals surface area (Å²) in [5.41, 5.74) is 0. The van der Waals surface area contributed by atoms with Crippen LogP contribution in [0.3, 0.4) is 0 Å². The van der Waals surface area contributed by atoms with E-state index in [4.69, 9.17) is 34.8 Å². The molecule has 3 nitrogen and oxygen atoms in total. The van der Waals surface area contributed by atoms with Crippen LogP contribution in [0.2, 0.25) is 10.0 Å². The monoisotopic (exact) mass is 293 g/mol. The second-order valence-corrected chi connectivity index (χ2v) is 5.20. The highest BCUT2D eigenvalue weighted by Crippen LogP contribution is 2.26. The summed E-state index contributed by atoms with van der Waals surface area (Å²) >= 11 is 17.7. The maximum atomic E-state index is 6.14. The van der Waals surface area contributed by atoms with Crippen molar-refractivity contribution in [2.24, 2.45) is 0 Å². The Hall–Kier alpha value is -0.220. The van der Waals surface area contributed by atoms with Crippen molar-refractivity contribution in [3.05, 3.63) is 22.3 Å². The van der Waals surface area contributed by atoms with Gasteiger partial charge in [-0.15, -0.1) is 11.6 Å². The van der Waals surface area contributed by atoms with E-state index in [1.807, 2.05) is 0 Å².